The number of rotatable bonds is 4. The minimum absolute atomic E-state index is 0.0704. The van der Waals surface area contributed by atoms with E-state index in [0.717, 1.165) is 31.6 Å². The van der Waals surface area contributed by atoms with E-state index in [2.05, 4.69) is 20.0 Å². The zero-order valence-corrected chi connectivity index (χ0v) is 13.4. The van der Waals surface area contributed by atoms with Crippen LogP contribution in [0.1, 0.15) is 33.7 Å². The molecule has 1 aromatic carbocycles. The summed E-state index contributed by atoms with van der Waals surface area (Å²) in [6.07, 6.45) is 3.44. The first-order valence-electron chi connectivity index (χ1n) is 7.74. The first kappa shape index (κ1) is 15.9. The number of carbonyl (C=O) groups excluding carboxylic acids is 2. The van der Waals surface area contributed by atoms with Gasteiger partial charge in [0.15, 0.2) is 0 Å². The maximum absolute atomic E-state index is 12.4. The Balaban J connectivity index is 1.72. The van der Waals surface area contributed by atoms with Gasteiger partial charge in [0.05, 0.1) is 12.7 Å². The normalized spacial score (nSPS) is 13.6. The maximum atomic E-state index is 12.4. The molecule has 1 aliphatic heterocycles. The van der Waals surface area contributed by atoms with Gasteiger partial charge in [0.25, 0.3) is 5.91 Å². The molecule has 0 spiro atoms. The van der Waals surface area contributed by atoms with Crippen LogP contribution in [0.3, 0.4) is 0 Å². The molecule has 1 aliphatic rings. The average Bonchev–Trinajstić information content (AvgIpc) is 3.16. The van der Waals surface area contributed by atoms with E-state index in [4.69, 9.17) is 0 Å². The van der Waals surface area contributed by atoms with E-state index in [1.807, 2.05) is 0 Å². The number of anilines is 2. The predicted octanol–water partition coefficient (Wildman–Crippen LogP) is 2.24. The van der Waals surface area contributed by atoms with Gasteiger partial charge < -0.3 is 15.0 Å². The molecule has 3 rings (SSSR count). The van der Waals surface area contributed by atoms with Gasteiger partial charge in [0.1, 0.15) is 17.8 Å². The number of carbonyl (C=O) groups is 2. The summed E-state index contributed by atoms with van der Waals surface area (Å²) < 4.78 is 4.66. The first-order chi connectivity index (χ1) is 11.7. The highest BCUT2D eigenvalue weighted by Gasteiger charge is 2.20. The molecule has 1 fully saturated rings. The standard InChI is InChI=1S/C17H18N4O3/c1-24-17(23)12-4-6-13(7-5-12)20-15-10-14(18-11-19-15)16(22)21-8-2-3-9-21/h4-7,10-11H,2-3,8-9H2,1H3,(H,18,19,20). The molecule has 0 bridgehead atoms. The Hall–Kier alpha value is -2.96. The fourth-order valence-corrected chi connectivity index (χ4v) is 2.58. The van der Waals surface area contributed by atoms with Gasteiger partial charge in [-0.2, -0.15) is 0 Å². The minimum atomic E-state index is -0.387. The smallest absolute Gasteiger partial charge is 0.337 e. The Kier molecular flexibility index (Phi) is 4.69. The molecule has 124 valence electrons. The topological polar surface area (TPSA) is 84.4 Å². The van der Waals surface area contributed by atoms with Crippen LogP contribution in [0.25, 0.3) is 0 Å². The predicted molar refractivity (Wildman–Crippen MR) is 88.2 cm³/mol. The van der Waals surface area contributed by atoms with Crippen LogP contribution in [0.15, 0.2) is 36.7 Å². The number of ether oxygens (including phenoxy) is 1. The van der Waals surface area contributed by atoms with Crippen LogP contribution in [0.4, 0.5) is 11.5 Å². The molecule has 0 atom stereocenters. The van der Waals surface area contributed by atoms with Gasteiger partial charge in [-0.25, -0.2) is 14.8 Å². The second kappa shape index (κ2) is 7.08. The molecule has 1 amide bonds. The second-order valence-corrected chi connectivity index (χ2v) is 5.48. The second-order valence-electron chi connectivity index (χ2n) is 5.48. The molecule has 2 heterocycles. The highest BCUT2D eigenvalue weighted by molar-refractivity contribution is 5.93. The lowest BCUT2D eigenvalue weighted by Crippen LogP contribution is -2.28. The van der Waals surface area contributed by atoms with E-state index >= 15 is 0 Å². The van der Waals surface area contributed by atoms with E-state index < -0.39 is 0 Å². The number of hydrogen-bond donors (Lipinski definition) is 1. The van der Waals surface area contributed by atoms with E-state index in [-0.39, 0.29) is 11.9 Å². The van der Waals surface area contributed by atoms with Gasteiger partial charge in [0.2, 0.25) is 0 Å². The largest absolute Gasteiger partial charge is 0.465 e. The molecule has 1 aromatic heterocycles. The van der Waals surface area contributed by atoms with Crippen LogP contribution in [0.5, 0.6) is 0 Å². The van der Waals surface area contributed by atoms with E-state index in [1.165, 1.54) is 13.4 Å². The molecule has 7 nitrogen and oxygen atoms in total. The number of esters is 1. The summed E-state index contributed by atoms with van der Waals surface area (Å²) in [5.74, 6) is 0.0689. The lowest BCUT2D eigenvalue weighted by Gasteiger charge is -2.14. The third-order valence-electron chi connectivity index (χ3n) is 3.86. The number of amides is 1. The number of nitrogens with zero attached hydrogens (tertiary/aromatic N) is 3. The Morgan fingerprint density at radius 3 is 2.50 bits per heavy atom. The van der Waals surface area contributed by atoms with Crippen molar-refractivity contribution >= 4 is 23.4 Å². The van der Waals surface area contributed by atoms with Crippen molar-refractivity contribution in [1.82, 2.24) is 14.9 Å². The third-order valence-corrected chi connectivity index (χ3v) is 3.86. The van der Waals surface area contributed by atoms with Crippen molar-refractivity contribution in [3.05, 3.63) is 47.9 Å². The van der Waals surface area contributed by atoms with Crippen molar-refractivity contribution in [1.29, 1.82) is 0 Å². The van der Waals surface area contributed by atoms with Crippen LogP contribution >= 0.6 is 0 Å². The molecule has 0 saturated carbocycles. The first-order valence-corrected chi connectivity index (χ1v) is 7.74. The van der Waals surface area contributed by atoms with Crippen molar-refractivity contribution in [3.63, 3.8) is 0 Å². The highest BCUT2D eigenvalue weighted by Crippen LogP contribution is 2.17. The highest BCUT2D eigenvalue weighted by atomic mass is 16.5. The fourth-order valence-electron chi connectivity index (χ4n) is 2.58. The SMILES string of the molecule is COC(=O)c1ccc(Nc2cc(C(=O)N3CCCC3)ncn2)cc1. The molecule has 0 unspecified atom stereocenters. The number of methoxy groups -OCH3 is 1. The van der Waals surface area contributed by atoms with Crippen molar-refractivity contribution < 1.29 is 14.3 Å². The minimum Gasteiger partial charge on any atom is -0.465 e. The summed E-state index contributed by atoms with van der Waals surface area (Å²) in [4.78, 5) is 33.8. The number of hydrogen-bond acceptors (Lipinski definition) is 6. The summed E-state index contributed by atoms with van der Waals surface area (Å²) in [7, 11) is 1.34. The Morgan fingerprint density at radius 2 is 1.83 bits per heavy atom. The third kappa shape index (κ3) is 3.51. The van der Waals surface area contributed by atoms with Gasteiger partial charge in [-0.05, 0) is 37.1 Å². The molecular formula is C17H18N4O3. The summed E-state index contributed by atoms with van der Waals surface area (Å²) in [5, 5.41) is 3.10. The van der Waals surface area contributed by atoms with Crippen LogP contribution < -0.4 is 5.32 Å². The summed E-state index contributed by atoms with van der Waals surface area (Å²) in [6.45, 7) is 1.56. The average molecular weight is 326 g/mol. The lowest BCUT2D eigenvalue weighted by molar-refractivity contribution is 0.0600. The Morgan fingerprint density at radius 1 is 1.12 bits per heavy atom. The van der Waals surface area contributed by atoms with Gasteiger partial charge in [-0.15, -0.1) is 0 Å². The Bertz CT molecular complexity index is 740. The van der Waals surface area contributed by atoms with Crippen LogP contribution in [0.2, 0.25) is 0 Å². The van der Waals surface area contributed by atoms with Gasteiger partial charge in [-0.3, -0.25) is 4.79 Å². The summed E-state index contributed by atoms with van der Waals surface area (Å²) >= 11 is 0. The quantitative estimate of drug-likeness (QED) is 0.868. The number of aromatic nitrogens is 2. The number of nitrogens with one attached hydrogen (secondary N) is 1. The lowest BCUT2D eigenvalue weighted by atomic mass is 10.2. The van der Waals surface area contributed by atoms with Crippen molar-refractivity contribution in [3.8, 4) is 0 Å². The van der Waals surface area contributed by atoms with Crippen molar-refractivity contribution in [2.24, 2.45) is 0 Å². The van der Waals surface area contributed by atoms with Crippen LogP contribution in [-0.4, -0.2) is 46.9 Å². The van der Waals surface area contributed by atoms with Gasteiger partial charge in [-0.1, -0.05) is 0 Å². The van der Waals surface area contributed by atoms with Crippen LogP contribution in [0, 0.1) is 0 Å². The molecule has 0 radical (unpaired) electrons. The summed E-state index contributed by atoms with van der Waals surface area (Å²) in [6, 6.07) is 8.44. The van der Waals surface area contributed by atoms with Crippen molar-refractivity contribution in [2.75, 3.05) is 25.5 Å². The van der Waals surface area contributed by atoms with Crippen molar-refractivity contribution in [2.45, 2.75) is 12.8 Å². The molecule has 1 N–H and O–H groups in total. The van der Waals surface area contributed by atoms with E-state index in [1.54, 1.807) is 35.2 Å². The Labute approximate surface area is 139 Å². The number of benzene rings is 1. The zero-order chi connectivity index (χ0) is 16.9. The molecular weight excluding hydrogens is 308 g/mol. The zero-order valence-electron chi connectivity index (χ0n) is 13.4. The molecule has 7 heteroatoms. The molecule has 2 aromatic rings. The molecule has 1 saturated heterocycles. The number of likely N-dealkylation sites (tertiary alicyclic amines) is 1. The van der Waals surface area contributed by atoms with E-state index in [0.29, 0.717) is 17.1 Å². The molecule has 24 heavy (non-hydrogen) atoms. The fraction of sp³-hybridized carbons (Fsp3) is 0.294. The van der Waals surface area contributed by atoms with Gasteiger partial charge in [0, 0.05) is 24.8 Å². The van der Waals surface area contributed by atoms with E-state index in [9.17, 15) is 9.59 Å². The van der Waals surface area contributed by atoms with Crippen LogP contribution in [-0.2, 0) is 4.74 Å². The monoisotopic (exact) mass is 326 g/mol. The molecule has 0 aliphatic carbocycles. The summed E-state index contributed by atoms with van der Waals surface area (Å²) in [5.41, 5.74) is 1.59. The maximum Gasteiger partial charge on any atom is 0.337 e. The van der Waals surface area contributed by atoms with Gasteiger partial charge >= 0.3 is 5.97 Å².